The van der Waals surface area contributed by atoms with Crippen molar-refractivity contribution in [2.24, 2.45) is 0 Å². The second kappa shape index (κ2) is 51.5. The summed E-state index contributed by atoms with van der Waals surface area (Å²) in [7, 11) is 0. The quantitative estimate of drug-likeness (QED) is 0.0280. The molecule has 0 saturated heterocycles. The van der Waals surface area contributed by atoms with Gasteiger partial charge in [-0.15, -0.1) is 0 Å². The van der Waals surface area contributed by atoms with E-state index in [1.165, 1.54) is 250 Å². The van der Waals surface area contributed by atoms with E-state index in [0.29, 0.717) is 17.5 Å². The van der Waals surface area contributed by atoms with Crippen LogP contribution in [0.15, 0.2) is 146 Å². The Balaban J connectivity index is 0.900. The summed E-state index contributed by atoms with van der Waals surface area (Å²) in [5, 5.41) is 0. The van der Waals surface area contributed by atoms with Gasteiger partial charge in [0.05, 0.1) is 19.8 Å². The third-order valence-corrected chi connectivity index (χ3v) is 19.0. The normalized spacial score (nSPS) is 10.9. The van der Waals surface area contributed by atoms with E-state index in [4.69, 9.17) is 29.2 Å². The van der Waals surface area contributed by atoms with E-state index in [-0.39, 0.29) is 0 Å². The second-order valence-electron chi connectivity index (χ2n) is 27.7. The fourth-order valence-electron chi connectivity index (χ4n) is 12.7. The molecule has 0 unspecified atom stereocenters. The van der Waals surface area contributed by atoms with E-state index in [1.807, 2.05) is 146 Å². The van der Waals surface area contributed by atoms with Gasteiger partial charge < -0.3 is 14.2 Å². The zero-order chi connectivity index (χ0) is 68.9. The molecule has 0 aliphatic heterocycles. The van der Waals surface area contributed by atoms with E-state index in [2.05, 4.69) is 56.3 Å². The van der Waals surface area contributed by atoms with Crippen LogP contribution in [0.3, 0.4) is 0 Å². The molecule has 0 aliphatic carbocycles. The first-order valence-electron chi connectivity index (χ1n) is 39.9. The Morgan fingerprint density at radius 3 is 0.515 bits per heavy atom. The number of nitrogens with zero attached hydrogens (tertiary/aromatic N) is 3. The number of hydrogen-bond acceptors (Lipinski definition) is 6. The lowest BCUT2D eigenvalue weighted by molar-refractivity contribution is 0.304. The van der Waals surface area contributed by atoms with Crippen LogP contribution in [0.5, 0.6) is 17.2 Å². The molecule has 6 heteroatoms. The molecule has 0 saturated carbocycles. The average molecular weight is 1330 g/mol. The lowest BCUT2D eigenvalue weighted by atomic mass is 10.0. The SMILES string of the molecule is CCCCCCCCCCCCCCCCOc1ccc(C#Cc2ccc(-c3nc(-c4ccc(C#Cc5ccc(OCCCCCCCCCCCCCCCC)cc5)cc4)nc(-c4ccc(C#Cc5ccc(OCCCCCCCCCCCCCCCC)cc5)cc4)n3)cc2)cc1. The zero-order valence-electron chi connectivity index (χ0n) is 61.7. The predicted molar refractivity (Wildman–Crippen MR) is 421 cm³/mol. The number of aromatic nitrogens is 3. The summed E-state index contributed by atoms with van der Waals surface area (Å²) in [6.07, 6.45) is 56.8. The molecule has 528 valence electrons. The maximum Gasteiger partial charge on any atom is 0.164 e. The Labute approximate surface area is 601 Å². The summed E-state index contributed by atoms with van der Waals surface area (Å²) in [6.45, 7) is 9.13. The van der Waals surface area contributed by atoms with Crippen molar-refractivity contribution in [2.75, 3.05) is 19.8 Å². The number of hydrogen-bond donors (Lipinski definition) is 0. The summed E-state index contributed by atoms with van der Waals surface area (Å²) in [4.78, 5) is 15.2. The summed E-state index contributed by atoms with van der Waals surface area (Å²) in [5.74, 6) is 24.5. The van der Waals surface area contributed by atoms with Crippen LogP contribution in [0, 0.1) is 35.5 Å². The second-order valence-corrected chi connectivity index (χ2v) is 27.7. The number of ether oxygens (including phenoxy) is 3. The van der Waals surface area contributed by atoms with Crippen LogP contribution < -0.4 is 14.2 Å². The third-order valence-electron chi connectivity index (χ3n) is 19.0. The van der Waals surface area contributed by atoms with Crippen LogP contribution in [0.25, 0.3) is 34.2 Å². The predicted octanol–water partition coefficient (Wildman–Crippen LogP) is 26.7. The van der Waals surface area contributed by atoms with Gasteiger partial charge in [-0.2, -0.15) is 0 Å². The van der Waals surface area contributed by atoms with Gasteiger partial charge in [-0.3, -0.25) is 0 Å². The first-order valence-corrected chi connectivity index (χ1v) is 39.9. The monoisotopic (exact) mass is 1330 g/mol. The van der Waals surface area contributed by atoms with Crippen molar-refractivity contribution in [3.63, 3.8) is 0 Å². The van der Waals surface area contributed by atoms with Crippen molar-refractivity contribution >= 4 is 0 Å². The fourth-order valence-corrected chi connectivity index (χ4v) is 12.7. The summed E-state index contributed by atoms with van der Waals surface area (Å²) < 4.78 is 18.3. The lowest BCUT2D eigenvalue weighted by Gasteiger charge is -2.09. The van der Waals surface area contributed by atoms with Gasteiger partial charge in [0.1, 0.15) is 17.2 Å². The highest BCUT2D eigenvalue weighted by Gasteiger charge is 2.13. The molecule has 0 N–H and O–H groups in total. The van der Waals surface area contributed by atoms with Gasteiger partial charge in [0.2, 0.25) is 0 Å². The molecule has 0 fully saturated rings. The van der Waals surface area contributed by atoms with E-state index in [0.717, 1.165) is 106 Å². The average Bonchev–Trinajstić information content (AvgIpc) is 0.817. The minimum absolute atomic E-state index is 0.575. The van der Waals surface area contributed by atoms with Gasteiger partial charge >= 0.3 is 0 Å². The maximum absolute atomic E-state index is 6.11. The molecule has 0 spiro atoms. The third kappa shape index (κ3) is 34.8. The molecule has 6 nitrogen and oxygen atoms in total. The van der Waals surface area contributed by atoms with Crippen molar-refractivity contribution in [3.05, 3.63) is 179 Å². The van der Waals surface area contributed by atoms with Gasteiger partial charge in [-0.1, -0.05) is 307 Å². The van der Waals surface area contributed by atoms with E-state index >= 15 is 0 Å². The lowest BCUT2D eigenvalue weighted by Crippen LogP contribution is -2.00. The number of benzene rings is 6. The molecule has 0 atom stereocenters. The van der Waals surface area contributed by atoms with Crippen LogP contribution in [0.4, 0.5) is 0 Å². The molecule has 1 aromatic heterocycles. The van der Waals surface area contributed by atoms with Crippen LogP contribution in [-0.4, -0.2) is 34.8 Å². The van der Waals surface area contributed by atoms with Crippen LogP contribution in [0.2, 0.25) is 0 Å². The smallest absolute Gasteiger partial charge is 0.164 e. The van der Waals surface area contributed by atoms with Gasteiger partial charge in [0.15, 0.2) is 17.5 Å². The van der Waals surface area contributed by atoms with Crippen molar-refractivity contribution in [1.29, 1.82) is 0 Å². The highest BCUT2D eigenvalue weighted by Crippen LogP contribution is 2.27. The first-order chi connectivity index (χ1) is 49.0. The maximum atomic E-state index is 6.11. The number of unbranched alkanes of at least 4 members (excludes halogenated alkanes) is 39. The molecular formula is C93H123N3O3. The van der Waals surface area contributed by atoms with Crippen molar-refractivity contribution in [1.82, 2.24) is 15.0 Å². The largest absolute Gasteiger partial charge is 0.494 e. The van der Waals surface area contributed by atoms with Crippen molar-refractivity contribution in [3.8, 4) is 86.9 Å². The fraction of sp³-hybridized carbons (Fsp3) is 0.516. The minimum atomic E-state index is 0.575. The summed E-state index contributed by atoms with van der Waals surface area (Å²) >= 11 is 0. The van der Waals surface area contributed by atoms with Gasteiger partial charge in [0.25, 0.3) is 0 Å². The Bertz CT molecular complexity index is 3020. The molecule has 0 bridgehead atoms. The molecule has 1 heterocycles. The Kier molecular flexibility index (Phi) is 41.0. The van der Waals surface area contributed by atoms with Crippen LogP contribution in [0.1, 0.15) is 324 Å². The van der Waals surface area contributed by atoms with E-state index in [1.54, 1.807) is 0 Å². The molecule has 7 rings (SSSR count). The van der Waals surface area contributed by atoms with Crippen molar-refractivity contribution < 1.29 is 14.2 Å². The van der Waals surface area contributed by atoms with Crippen molar-refractivity contribution in [2.45, 2.75) is 290 Å². The summed E-state index contributed by atoms with van der Waals surface area (Å²) in [5.41, 5.74) is 8.14. The van der Waals surface area contributed by atoms with Gasteiger partial charge in [0, 0.05) is 50.1 Å². The molecule has 0 radical (unpaired) electrons. The topological polar surface area (TPSA) is 66.4 Å². The summed E-state index contributed by atoms with van der Waals surface area (Å²) in [6, 6.07) is 48.9. The van der Waals surface area contributed by atoms with E-state index in [9.17, 15) is 0 Å². The molecule has 0 amide bonds. The molecule has 99 heavy (non-hydrogen) atoms. The van der Waals surface area contributed by atoms with E-state index < -0.39 is 0 Å². The van der Waals surface area contributed by atoms with Gasteiger partial charge in [-0.05, 0) is 165 Å². The molecule has 0 aliphatic rings. The Hall–Kier alpha value is -7.59. The highest BCUT2D eigenvalue weighted by atomic mass is 16.5. The molecule has 6 aromatic carbocycles. The number of rotatable bonds is 51. The Morgan fingerprint density at radius 1 is 0.192 bits per heavy atom. The zero-order valence-corrected chi connectivity index (χ0v) is 61.7. The minimum Gasteiger partial charge on any atom is -0.494 e. The van der Waals surface area contributed by atoms with Gasteiger partial charge in [-0.25, -0.2) is 15.0 Å². The Morgan fingerprint density at radius 2 is 0.343 bits per heavy atom. The standard InChI is InChI=1S/C93H123N3O3/c1-4-7-10-13-16-19-22-25-28-31-34-37-40-43-76-97-88-70-58-82(59-71-88)49-46-79-52-64-85(65-53-79)91-94-92(86-66-54-80(55-67-86)47-50-83-60-72-89(73-61-83)98-77-44-41-38-35-32-29-26-23-20-17-14-11-8-5-2)96-93(95-91)87-68-56-81(57-69-87)48-51-84-62-74-90(75-63-84)99-78-45-42-39-36-33-30-27-24-21-18-15-12-9-6-3/h52-75H,4-45,76-78H2,1-3H3. The van der Waals surface area contributed by atoms with Crippen LogP contribution >= 0.6 is 0 Å². The van der Waals surface area contributed by atoms with Crippen LogP contribution in [-0.2, 0) is 0 Å². The molecule has 7 aromatic rings. The highest BCUT2D eigenvalue weighted by molar-refractivity contribution is 5.68. The first kappa shape index (κ1) is 78.7. The molecular weight excluding hydrogens is 1210 g/mol.